The molecule has 1 rings (SSSR count). The topological polar surface area (TPSA) is 18.5 Å². The molecule has 1 saturated heterocycles. The first-order valence-corrected chi connectivity index (χ1v) is 8.21. The van der Waals surface area contributed by atoms with E-state index in [0.717, 1.165) is 24.9 Å². The molecule has 3 heteroatoms. The summed E-state index contributed by atoms with van der Waals surface area (Å²) in [5.41, 5.74) is 0. The summed E-state index contributed by atoms with van der Waals surface area (Å²) in [7, 11) is 0. The summed E-state index contributed by atoms with van der Waals surface area (Å²) in [6.45, 7) is 20.2. The summed E-state index contributed by atoms with van der Waals surface area (Å²) >= 11 is 0. The van der Waals surface area contributed by atoms with Crippen LogP contribution in [0.25, 0.3) is 0 Å². The molecule has 0 radical (unpaired) electrons. The molecule has 0 saturated carbocycles. The van der Waals surface area contributed by atoms with Gasteiger partial charge >= 0.3 is 0 Å². The van der Waals surface area contributed by atoms with E-state index >= 15 is 0 Å². The van der Waals surface area contributed by atoms with Crippen LogP contribution in [0.1, 0.15) is 41.0 Å². The van der Waals surface area contributed by atoms with Gasteiger partial charge in [-0.2, -0.15) is 0 Å². The Morgan fingerprint density at radius 1 is 0.947 bits per heavy atom. The molecule has 114 valence electrons. The quantitative estimate of drug-likeness (QED) is 0.729. The maximum atomic E-state index is 3.60. The second kappa shape index (κ2) is 8.93. The van der Waals surface area contributed by atoms with E-state index in [4.69, 9.17) is 0 Å². The Balaban J connectivity index is 2.23. The molecular formula is C16H35N3. The number of hydrogen-bond donors (Lipinski definition) is 1. The smallest absolute Gasteiger partial charge is 0.0113 e. The van der Waals surface area contributed by atoms with Crippen molar-refractivity contribution in [1.29, 1.82) is 0 Å². The average molecular weight is 269 g/mol. The van der Waals surface area contributed by atoms with Crippen LogP contribution in [0.15, 0.2) is 0 Å². The maximum Gasteiger partial charge on any atom is 0.0113 e. The summed E-state index contributed by atoms with van der Waals surface area (Å²) in [5.74, 6) is 1.48. The Hall–Kier alpha value is -0.120. The van der Waals surface area contributed by atoms with Crippen molar-refractivity contribution in [1.82, 2.24) is 15.1 Å². The molecule has 0 spiro atoms. The lowest BCUT2D eigenvalue weighted by atomic mass is 10.0. The van der Waals surface area contributed by atoms with Gasteiger partial charge in [0.15, 0.2) is 0 Å². The van der Waals surface area contributed by atoms with Crippen molar-refractivity contribution in [2.24, 2.45) is 11.8 Å². The molecule has 0 aromatic carbocycles. The fourth-order valence-electron chi connectivity index (χ4n) is 2.84. The minimum Gasteiger partial charge on any atom is -0.316 e. The summed E-state index contributed by atoms with van der Waals surface area (Å²) < 4.78 is 0. The number of nitrogens with one attached hydrogen (secondary N) is 1. The molecule has 0 aliphatic carbocycles. The first kappa shape index (κ1) is 16.9. The molecular weight excluding hydrogens is 234 g/mol. The van der Waals surface area contributed by atoms with Crippen LogP contribution in [-0.4, -0.2) is 61.7 Å². The van der Waals surface area contributed by atoms with Crippen LogP contribution in [0.3, 0.4) is 0 Å². The third-order valence-corrected chi connectivity index (χ3v) is 4.37. The standard InChI is InChI=1S/C16H35N3/c1-6-7-18-8-10-19(11-9-18)16(5)15(4)13-17-12-14(2)3/h14-17H,6-13H2,1-5H3. The molecule has 19 heavy (non-hydrogen) atoms. The van der Waals surface area contributed by atoms with Crippen molar-refractivity contribution >= 4 is 0 Å². The van der Waals surface area contributed by atoms with Gasteiger partial charge in [0.05, 0.1) is 0 Å². The largest absolute Gasteiger partial charge is 0.316 e. The van der Waals surface area contributed by atoms with Crippen LogP contribution in [0.4, 0.5) is 0 Å². The fraction of sp³-hybridized carbons (Fsp3) is 1.00. The second-order valence-electron chi connectivity index (χ2n) is 6.65. The molecule has 0 bridgehead atoms. The van der Waals surface area contributed by atoms with Gasteiger partial charge in [-0.1, -0.05) is 27.7 Å². The lowest BCUT2D eigenvalue weighted by Gasteiger charge is -2.40. The van der Waals surface area contributed by atoms with E-state index in [1.165, 1.54) is 39.1 Å². The van der Waals surface area contributed by atoms with Crippen molar-refractivity contribution in [3.8, 4) is 0 Å². The third kappa shape index (κ3) is 6.24. The van der Waals surface area contributed by atoms with Crippen molar-refractivity contribution in [2.45, 2.75) is 47.1 Å². The molecule has 0 amide bonds. The summed E-state index contributed by atoms with van der Waals surface area (Å²) in [6.07, 6.45) is 1.28. The Labute approximate surface area is 120 Å². The highest BCUT2D eigenvalue weighted by Crippen LogP contribution is 2.13. The lowest BCUT2D eigenvalue weighted by molar-refractivity contribution is 0.0804. The Kier molecular flexibility index (Phi) is 7.96. The zero-order valence-corrected chi connectivity index (χ0v) is 13.8. The zero-order chi connectivity index (χ0) is 14.3. The van der Waals surface area contributed by atoms with Crippen molar-refractivity contribution < 1.29 is 0 Å². The number of hydrogen-bond acceptors (Lipinski definition) is 3. The molecule has 1 fully saturated rings. The fourth-order valence-corrected chi connectivity index (χ4v) is 2.84. The SMILES string of the molecule is CCCN1CCN(C(C)C(C)CNCC(C)C)CC1. The molecule has 1 heterocycles. The molecule has 2 unspecified atom stereocenters. The van der Waals surface area contributed by atoms with Gasteiger partial charge in [-0.25, -0.2) is 0 Å². The normalized spacial score (nSPS) is 21.8. The molecule has 0 aromatic rings. The third-order valence-electron chi connectivity index (χ3n) is 4.37. The van der Waals surface area contributed by atoms with Crippen LogP contribution in [0, 0.1) is 11.8 Å². The van der Waals surface area contributed by atoms with Gasteiger partial charge in [-0.05, 0) is 44.8 Å². The zero-order valence-electron chi connectivity index (χ0n) is 13.8. The Morgan fingerprint density at radius 2 is 1.58 bits per heavy atom. The van der Waals surface area contributed by atoms with E-state index in [0.29, 0.717) is 6.04 Å². The predicted octanol–water partition coefficient (Wildman–Crippen LogP) is 2.28. The van der Waals surface area contributed by atoms with Crippen LogP contribution in [0.2, 0.25) is 0 Å². The van der Waals surface area contributed by atoms with Crippen molar-refractivity contribution in [2.75, 3.05) is 45.8 Å². The molecule has 1 aliphatic heterocycles. The van der Waals surface area contributed by atoms with Gasteiger partial charge in [0.2, 0.25) is 0 Å². The highest BCUT2D eigenvalue weighted by atomic mass is 15.3. The maximum absolute atomic E-state index is 3.60. The lowest BCUT2D eigenvalue weighted by Crippen LogP contribution is -2.52. The minimum absolute atomic E-state index is 0.698. The van der Waals surface area contributed by atoms with Crippen LogP contribution >= 0.6 is 0 Å². The highest BCUT2D eigenvalue weighted by molar-refractivity contribution is 4.80. The Morgan fingerprint density at radius 3 is 2.11 bits per heavy atom. The molecule has 1 N–H and O–H groups in total. The summed E-state index contributed by atoms with van der Waals surface area (Å²) in [4.78, 5) is 5.28. The van der Waals surface area contributed by atoms with E-state index in [1.807, 2.05) is 0 Å². The monoisotopic (exact) mass is 269 g/mol. The van der Waals surface area contributed by atoms with Gasteiger partial charge in [0.25, 0.3) is 0 Å². The molecule has 2 atom stereocenters. The van der Waals surface area contributed by atoms with E-state index < -0.39 is 0 Å². The number of piperazine rings is 1. The summed E-state index contributed by atoms with van der Waals surface area (Å²) in [5, 5.41) is 3.60. The average Bonchev–Trinajstić information content (AvgIpc) is 2.38. The Bertz CT molecular complexity index is 222. The van der Waals surface area contributed by atoms with Gasteiger partial charge < -0.3 is 10.2 Å². The van der Waals surface area contributed by atoms with E-state index in [-0.39, 0.29) is 0 Å². The van der Waals surface area contributed by atoms with Crippen molar-refractivity contribution in [3.63, 3.8) is 0 Å². The van der Waals surface area contributed by atoms with Gasteiger partial charge in [0.1, 0.15) is 0 Å². The van der Waals surface area contributed by atoms with Crippen LogP contribution in [0.5, 0.6) is 0 Å². The van der Waals surface area contributed by atoms with Crippen molar-refractivity contribution in [3.05, 3.63) is 0 Å². The molecule has 0 aromatic heterocycles. The van der Waals surface area contributed by atoms with E-state index in [2.05, 4.69) is 49.7 Å². The number of nitrogens with zero attached hydrogens (tertiary/aromatic N) is 2. The summed E-state index contributed by atoms with van der Waals surface area (Å²) in [6, 6.07) is 0.698. The number of rotatable bonds is 8. The van der Waals surface area contributed by atoms with E-state index in [9.17, 15) is 0 Å². The first-order chi connectivity index (χ1) is 9.04. The van der Waals surface area contributed by atoms with E-state index in [1.54, 1.807) is 0 Å². The molecule has 1 aliphatic rings. The van der Waals surface area contributed by atoms with Gasteiger partial charge in [-0.3, -0.25) is 4.90 Å². The van der Waals surface area contributed by atoms with Crippen LogP contribution < -0.4 is 5.32 Å². The molecule has 3 nitrogen and oxygen atoms in total. The van der Waals surface area contributed by atoms with Gasteiger partial charge in [-0.15, -0.1) is 0 Å². The van der Waals surface area contributed by atoms with Gasteiger partial charge in [0, 0.05) is 32.2 Å². The minimum atomic E-state index is 0.698. The van der Waals surface area contributed by atoms with Crippen LogP contribution in [-0.2, 0) is 0 Å². The predicted molar refractivity (Wildman–Crippen MR) is 84.6 cm³/mol. The first-order valence-electron chi connectivity index (χ1n) is 8.21. The second-order valence-corrected chi connectivity index (χ2v) is 6.65. The highest BCUT2D eigenvalue weighted by Gasteiger charge is 2.23.